The molecule has 1 aliphatic rings. The maximum atomic E-state index is 11.9. The van der Waals surface area contributed by atoms with Gasteiger partial charge in [0.05, 0.1) is 10.4 Å². The second-order valence-electron chi connectivity index (χ2n) is 5.22. The van der Waals surface area contributed by atoms with Crippen LogP contribution in [0.2, 0.25) is 4.34 Å². The fourth-order valence-electron chi connectivity index (χ4n) is 2.14. The summed E-state index contributed by atoms with van der Waals surface area (Å²) in [5.74, 6) is 0.0949. The summed E-state index contributed by atoms with van der Waals surface area (Å²) in [6.07, 6.45) is 0.101. The first kappa shape index (κ1) is 15.8. The average Bonchev–Trinajstić information content (AvgIpc) is 2.82. The number of piperazine rings is 1. The third kappa shape index (κ3) is 4.74. The lowest BCUT2D eigenvalue weighted by atomic mass is 10.3. The number of carbonyl (C=O) groups excluding carboxylic acids is 1. The van der Waals surface area contributed by atoms with E-state index in [1.807, 2.05) is 24.8 Å². The minimum absolute atomic E-state index is 0.0949. The fraction of sp³-hybridized carbons (Fsp3) is 0.643. The lowest BCUT2D eigenvalue weighted by molar-refractivity contribution is -0.139. The highest BCUT2D eigenvalue weighted by Crippen LogP contribution is 2.23. The predicted octanol–water partition coefficient (Wildman–Crippen LogP) is 2.47. The number of nitrogens with zero attached hydrogens (tertiary/aromatic N) is 2. The maximum absolute atomic E-state index is 11.9. The largest absolute Gasteiger partial charge is 0.369 e. The highest BCUT2D eigenvalue weighted by Gasteiger charge is 2.21. The van der Waals surface area contributed by atoms with Crippen LogP contribution in [0.25, 0.3) is 0 Å². The molecule has 0 bridgehead atoms. The molecular weight excluding hydrogens is 296 g/mol. The smallest absolute Gasteiger partial charge is 0.248 e. The minimum atomic E-state index is 0.0949. The van der Waals surface area contributed by atoms with Crippen molar-refractivity contribution in [1.82, 2.24) is 9.80 Å². The van der Waals surface area contributed by atoms with Gasteiger partial charge in [-0.3, -0.25) is 9.69 Å². The van der Waals surface area contributed by atoms with E-state index in [0.29, 0.717) is 0 Å². The van der Waals surface area contributed by atoms with E-state index in [-0.39, 0.29) is 18.6 Å². The number of halogens is 1. The van der Waals surface area contributed by atoms with Crippen molar-refractivity contribution in [2.75, 3.05) is 32.8 Å². The standard InChI is InChI=1S/C14H21ClN2O2S/c1-11(2)19-10-14(18)17-7-5-16(6-8-17)9-12-3-4-13(15)20-12/h3-4,11H,5-10H2,1-2H3. The number of ether oxygens (including phenoxy) is 1. The van der Waals surface area contributed by atoms with Crippen LogP contribution in [0.5, 0.6) is 0 Å². The highest BCUT2D eigenvalue weighted by molar-refractivity contribution is 7.16. The first-order chi connectivity index (χ1) is 9.54. The SMILES string of the molecule is CC(C)OCC(=O)N1CCN(Cc2ccc(Cl)s2)CC1. The van der Waals surface area contributed by atoms with E-state index in [0.717, 1.165) is 37.1 Å². The molecule has 112 valence electrons. The van der Waals surface area contributed by atoms with E-state index >= 15 is 0 Å². The molecule has 0 N–H and O–H groups in total. The lowest BCUT2D eigenvalue weighted by Crippen LogP contribution is -2.49. The molecule has 1 aliphatic heterocycles. The topological polar surface area (TPSA) is 32.8 Å². The summed E-state index contributed by atoms with van der Waals surface area (Å²) >= 11 is 7.56. The van der Waals surface area contributed by atoms with Crippen LogP contribution >= 0.6 is 22.9 Å². The average molecular weight is 317 g/mol. The van der Waals surface area contributed by atoms with Crippen molar-refractivity contribution < 1.29 is 9.53 Å². The summed E-state index contributed by atoms with van der Waals surface area (Å²) in [7, 11) is 0. The summed E-state index contributed by atoms with van der Waals surface area (Å²) < 4.78 is 6.20. The Balaban J connectivity index is 1.73. The molecule has 0 atom stereocenters. The summed E-state index contributed by atoms with van der Waals surface area (Å²) in [6, 6.07) is 4.01. The molecule has 0 aliphatic carbocycles. The minimum Gasteiger partial charge on any atom is -0.369 e. The zero-order valence-corrected chi connectivity index (χ0v) is 13.5. The van der Waals surface area contributed by atoms with Crippen LogP contribution in [0.4, 0.5) is 0 Å². The van der Waals surface area contributed by atoms with Gasteiger partial charge in [-0.2, -0.15) is 0 Å². The molecule has 4 nitrogen and oxygen atoms in total. The molecule has 1 amide bonds. The van der Waals surface area contributed by atoms with E-state index in [4.69, 9.17) is 16.3 Å². The number of thiophene rings is 1. The number of carbonyl (C=O) groups is 1. The normalized spacial score (nSPS) is 16.9. The Morgan fingerprint density at radius 2 is 2.05 bits per heavy atom. The van der Waals surface area contributed by atoms with E-state index < -0.39 is 0 Å². The van der Waals surface area contributed by atoms with Gasteiger partial charge in [0.2, 0.25) is 5.91 Å². The molecular formula is C14H21ClN2O2S. The van der Waals surface area contributed by atoms with Crippen molar-refractivity contribution in [3.8, 4) is 0 Å². The summed E-state index contributed by atoms with van der Waals surface area (Å²) in [5.41, 5.74) is 0. The molecule has 0 spiro atoms. The van der Waals surface area contributed by atoms with Crippen LogP contribution in [0.1, 0.15) is 18.7 Å². The Morgan fingerprint density at radius 3 is 2.60 bits per heavy atom. The first-order valence-electron chi connectivity index (χ1n) is 6.90. The van der Waals surface area contributed by atoms with Gasteiger partial charge in [0, 0.05) is 37.6 Å². The van der Waals surface area contributed by atoms with Gasteiger partial charge >= 0.3 is 0 Å². The zero-order chi connectivity index (χ0) is 14.5. The van der Waals surface area contributed by atoms with E-state index in [1.54, 1.807) is 11.3 Å². The van der Waals surface area contributed by atoms with Gasteiger partial charge in [-0.25, -0.2) is 0 Å². The number of hydrogen-bond acceptors (Lipinski definition) is 4. The monoisotopic (exact) mass is 316 g/mol. The first-order valence-corrected chi connectivity index (χ1v) is 8.10. The highest BCUT2D eigenvalue weighted by atomic mass is 35.5. The van der Waals surface area contributed by atoms with Gasteiger partial charge < -0.3 is 9.64 Å². The predicted molar refractivity (Wildman–Crippen MR) is 82.3 cm³/mol. The molecule has 2 rings (SSSR count). The van der Waals surface area contributed by atoms with E-state index in [2.05, 4.69) is 11.0 Å². The van der Waals surface area contributed by atoms with Crippen molar-refractivity contribution in [2.24, 2.45) is 0 Å². The summed E-state index contributed by atoms with van der Waals surface area (Å²) in [5, 5.41) is 0. The molecule has 1 aromatic rings. The molecule has 20 heavy (non-hydrogen) atoms. The van der Waals surface area contributed by atoms with Gasteiger partial charge in [-0.15, -0.1) is 11.3 Å². The lowest BCUT2D eigenvalue weighted by Gasteiger charge is -2.34. The van der Waals surface area contributed by atoms with Crippen molar-refractivity contribution in [1.29, 1.82) is 0 Å². The van der Waals surface area contributed by atoms with Gasteiger partial charge in [0.15, 0.2) is 0 Å². The number of amides is 1. The van der Waals surface area contributed by atoms with Gasteiger partial charge in [-0.1, -0.05) is 11.6 Å². The quantitative estimate of drug-likeness (QED) is 0.836. The van der Waals surface area contributed by atoms with E-state index in [9.17, 15) is 4.79 Å². The molecule has 1 fully saturated rings. The van der Waals surface area contributed by atoms with Crippen LogP contribution < -0.4 is 0 Å². The van der Waals surface area contributed by atoms with Crippen LogP contribution in [0.3, 0.4) is 0 Å². The zero-order valence-electron chi connectivity index (χ0n) is 12.0. The molecule has 0 radical (unpaired) electrons. The van der Waals surface area contributed by atoms with Crippen LogP contribution in [0.15, 0.2) is 12.1 Å². The summed E-state index contributed by atoms with van der Waals surface area (Å²) in [4.78, 5) is 17.5. The van der Waals surface area contributed by atoms with Crippen molar-refractivity contribution in [3.63, 3.8) is 0 Å². The van der Waals surface area contributed by atoms with Gasteiger partial charge in [0.1, 0.15) is 6.61 Å². The molecule has 0 unspecified atom stereocenters. The maximum Gasteiger partial charge on any atom is 0.248 e. The third-order valence-electron chi connectivity index (χ3n) is 3.27. The van der Waals surface area contributed by atoms with Crippen molar-refractivity contribution in [3.05, 3.63) is 21.3 Å². The van der Waals surface area contributed by atoms with Crippen molar-refractivity contribution in [2.45, 2.75) is 26.5 Å². The van der Waals surface area contributed by atoms with Crippen LogP contribution in [-0.4, -0.2) is 54.6 Å². The third-order valence-corrected chi connectivity index (χ3v) is 4.49. The second kappa shape index (κ2) is 7.41. The van der Waals surface area contributed by atoms with Crippen LogP contribution in [0, 0.1) is 0 Å². The Hall–Kier alpha value is -0.620. The Bertz CT molecular complexity index is 442. The molecule has 0 saturated carbocycles. The van der Waals surface area contributed by atoms with Crippen molar-refractivity contribution >= 4 is 28.8 Å². The van der Waals surface area contributed by atoms with Gasteiger partial charge in [-0.05, 0) is 26.0 Å². The molecule has 1 saturated heterocycles. The Kier molecular flexibility index (Phi) is 5.84. The molecule has 0 aromatic carbocycles. The van der Waals surface area contributed by atoms with E-state index in [1.165, 1.54) is 4.88 Å². The Labute approximate surface area is 129 Å². The fourth-order valence-corrected chi connectivity index (χ4v) is 3.27. The number of hydrogen-bond donors (Lipinski definition) is 0. The Morgan fingerprint density at radius 1 is 1.35 bits per heavy atom. The molecule has 1 aromatic heterocycles. The number of rotatable bonds is 5. The van der Waals surface area contributed by atoms with Gasteiger partial charge in [0.25, 0.3) is 0 Å². The molecule has 6 heteroatoms. The summed E-state index contributed by atoms with van der Waals surface area (Å²) in [6.45, 7) is 8.36. The second-order valence-corrected chi connectivity index (χ2v) is 7.02. The van der Waals surface area contributed by atoms with Crippen LogP contribution in [-0.2, 0) is 16.1 Å². The molecule has 2 heterocycles.